The van der Waals surface area contributed by atoms with E-state index in [0.717, 1.165) is 0 Å². The lowest BCUT2D eigenvalue weighted by Crippen LogP contribution is -2.37. The average molecular weight is 527 g/mol. The number of nitrogens with zero attached hydrogens (tertiary/aromatic N) is 3. The summed E-state index contributed by atoms with van der Waals surface area (Å²) in [6.45, 7) is 0. The first-order valence-corrected chi connectivity index (χ1v) is 12.2. The average Bonchev–Trinajstić information content (AvgIpc) is 2.86. The Labute approximate surface area is 211 Å². The third-order valence-corrected chi connectivity index (χ3v) is 7.00. The number of benzene rings is 2. The molecule has 0 saturated heterocycles. The summed E-state index contributed by atoms with van der Waals surface area (Å²) in [6, 6.07) is 18.9. The highest BCUT2D eigenvalue weighted by Crippen LogP contribution is 2.31. The van der Waals surface area contributed by atoms with E-state index < -0.39 is 21.8 Å². The number of rotatable bonds is 6. The molecule has 0 fully saturated rings. The van der Waals surface area contributed by atoms with Crippen LogP contribution in [-0.4, -0.2) is 30.2 Å². The van der Waals surface area contributed by atoms with E-state index >= 15 is 0 Å². The fourth-order valence-corrected chi connectivity index (χ4v) is 4.88. The molecule has 8 nitrogen and oxygen atoms in total. The van der Waals surface area contributed by atoms with Gasteiger partial charge >= 0.3 is 0 Å². The molecule has 2 heterocycles. The van der Waals surface area contributed by atoms with Crippen LogP contribution in [0.4, 0.5) is 11.4 Å². The standard InChI is InChI=1S/C24H16Cl2N4O4S/c25-16-6-5-7-17(14-16)30(24(32)21-9-2-4-13-28-21)35(33,34)18-10-11-19(26)22(15-18)29-23(31)20-8-1-3-12-27-20/h1-15H,(H,29,31). The Balaban J connectivity index is 1.78. The molecular formula is C24H16Cl2N4O4S. The third kappa shape index (κ3) is 5.32. The number of halogens is 2. The van der Waals surface area contributed by atoms with Crippen molar-refractivity contribution in [1.82, 2.24) is 9.97 Å². The summed E-state index contributed by atoms with van der Waals surface area (Å²) >= 11 is 12.3. The fourth-order valence-electron chi connectivity index (χ4n) is 3.11. The molecule has 0 bridgehead atoms. The van der Waals surface area contributed by atoms with E-state index in [-0.39, 0.29) is 37.7 Å². The number of pyridine rings is 2. The highest BCUT2D eigenvalue weighted by atomic mass is 35.5. The molecule has 11 heteroatoms. The van der Waals surface area contributed by atoms with Crippen LogP contribution in [0.1, 0.15) is 21.0 Å². The van der Waals surface area contributed by atoms with Crippen LogP contribution in [0.2, 0.25) is 10.0 Å². The van der Waals surface area contributed by atoms with Gasteiger partial charge in [-0.3, -0.25) is 19.6 Å². The molecular weight excluding hydrogens is 511 g/mol. The topological polar surface area (TPSA) is 109 Å². The zero-order valence-electron chi connectivity index (χ0n) is 17.8. The molecule has 0 aliphatic carbocycles. The highest BCUT2D eigenvalue weighted by Gasteiger charge is 2.33. The smallest absolute Gasteiger partial charge is 0.290 e. The van der Waals surface area contributed by atoms with Gasteiger partial charge in [-0.05, 0) is 60.7 Å². The number of carbonyl (C=O) groups is 2. The molecule has 0 aliphatic rings. The lowest BCUT2D eigenvalue weighted by Gasteiger charge is -2.23. The lowest BCUT2D eigenvalue weighted by molar-refractivity contribution is 0.0997. The van der Waals surface area contributed by atoms with E-state index in [2.05, 4.69) is 15.3 Å². The van der Waals surface area contributed by atoms with Crippen molar-refractivity contribution >= 4 is 56.4 Å². The van der Waals surface area contributed by atoms with Crippen LogP contribution < -0.4 is 9.62 Å². The number of hydrogen-bond acceptors (Lipinski definition) is 6. The summed E-state index contributed by atoms with van der Waals surface area (Å²) in [5.74, 6) is -1.47. The molecule has 2 amide bonds. The van der Waals surface area contributed by atoms with Gasteiger partial charge in [-0.2, -0.15) is 4.31 Å². The molecule has 4 rings (SSSR count). The molecule has 1 N–H and O–H groups in total. The van der Waals surface area contributed by atoms with Gasteiger partial charge in [-0.25, -0.2) is 8.42 Å². The zero-order valence-corrected chi connectivity index (χ0v) is 20.1. The van der Waals surface area contributed by atoms with Gasteiger partial charge in [0, 0.05) is 17.4 Å². The number of hydrogen-bond donors (Lipinski definition) is 1. The van der Waals surface area contributed by atoms with Crippen molar-refractivity contribution in [1.29, 1.82) is 0 Å². The summed E-state index contributed by atoms with van der Waals surface area (Å²) in [6.07, 6.45) is 2.83. The van der Waals surface area contributed by atoms with Gasteiger partial charge in [0.05, 0.1) is 21.3 Å². The first-order chi connectivity index (χ1) is 16.8. The minimum Gasteiger partial charge on any atom is -0.319 e. The molecule has 0 saturated carbocycles. The third-order valence-electron chi connectivity index (χ3n) is 4.73. The van der Waals surface area contributed by atoms with Gasteiger partial charge in [0.1, 0.15) is 11.4 Å². The van der Waals surface area contributed by atoms with Crippen LogP contribution in [0.15, 0.2) is 96.2 Å². The molecule has 0 radical (unpaired) electrons. The van der Waals surface area contributed by atoms with E-state index in [1.807, 2.05) is 0 Å². The summed E-state index contributed by atoms with van der Waals surface area (Å²) < 4.78 is 28.1. The molecule has 35 heavy (non-hydrogen) atoms. The Bertz CT molecular complexity index is 1500. The molecule has 2 aromatic heterocycles. The number of sulfonamides is 1. The van der Waals surface area contributed by atoms with Crippen molar-refractivity contribution in [3.8, 4) is 0 Å². The van der Waals surface area contributed by atoms with Crippen molar-refractivity contribution in [2.24, 2.45) is 0 Å². The van der Waals surface area contributed by atoms with Gasteiger partial charge in [-0.15, -0.1) is 0 Å². The van der Waals surface area contributed by atoms with Gasteiger partial charge < -0.3 is 5.32 Å². The Morgan fingerprint density at radius 1 is 0.800 bits per heavy atom. The van der Waals surface area contributed by atoms with Gasteiger partial charge in [0.25, 0.3) is 21.8 Å². The lowest BCUT2D eigenvalue weighted by atomic mass is 10.3. The second kappa shape index (κ2) is 10.2. The predicted octanol–water partition coefficient (Wildman–Crippen LogP) is 5.07. The highest BCUT2D eigenvalue weighted by molar-refractivity contribution is 7.93. The van der Waals surface area contributed by atoms with E-state index in [1.165, 1.54) is 60.9 Å². The number of anilines is 2. The minimum absolute atomic E-state index is 0.0159. The second-order valence-electron chi connectivity index (χ2n) is 7.08. The summed E-state index contributed by atoms with van der Waals surface area (Å²) in [5.41, 5.74) is 0.0679. The maximum Gasteiger partial charge on any atom is 0.290 e. The Morgan fingerprint density at radius 3 is 2.11 bits per heavy atom. The van der Waals surface area contributed by atoms with Gasteiger partial charge in [-0.1, -0.05) is 41.4 Å². The van der Waals surface area contributed by atoms with Gasteiger partial charge in [0.15, 0.2) is 0 Å². The SMILES string of the molecule is O=C(Nc1cc(S(=O)(=O)N(C(=O)c2ccccn2)c2cccc(Cl)c2)ccc1Cl)c1ccccn1. The Kier molecular flexibility index (Phi) is 7.11. The van der Waals surface area contributed by atoms with Crippen molar-refractivity contribution in [3.05, 3.63) is 113 Å². The molecule has 0 atom stereocenters. The maximum atomic E-state index is 13.7. The molecule has 0 spiro atoms. The van der Waals surface area contributed by atoms with Crippen molar-refractivity contribution < 1.29 is 18.0 Å². The molecule has 2 aromatic carbocycles. The molecule has 0 aliphatic heterocycles. The molecule has 0 unspecified atom stereocenters. The van der Waals surface area contributed by atoms with Crippen molar-refractivity contribution in [2.45, 2.75) is 4.90 Å². The molecule has 176 valence electrons. The van der Waals surface area contributed by atoms with Crippen LogP contribution in [0, 0.1) is 0 Å². The molecule has 4 aromatic rings. The van der Waals surface area contributed by atoms with Crippen molar-refractivity contribution in [3.63, 3.8) is 0 Å². The van der Waals surface area contributed by atoms with Crippen LogP contribution >= 0.6 is 23.2 Å². The number of carbonyl (C=O) groups excluding carboxylic acids is 2. The summed E-state index contributed by atoms with van der Waals surface area (Å²) in [5, 5.41) is 2.88. The normalized spacial score (nSPS) is 11.0. The predicted molar refractivity (Wildman–Crippen MR) is 133 cm³/mol. The quantitative estimate of drug-likeness (QED) is 0.375. The zero-order chi connectivity index (χ0) is 25.0. The number of aromatic nitrogens is 2. The van der Waals surface area contributed by atoms with Gasteiger partial charge in [0.2, 0.25) is 0 Å². The van der Waals surface area contributed by atoms with Crippen LogP contribution in [-0.2, 0) is 10.0 Å². The van der Waals surface area contributed by atoms with Crippen LogP contribution in [0.5, 0.6) is 0 Å². The summed E-state index contributed by atoms with van der Waals surface area (Å²) in [7, 11) is -4.50. The van der Waals surface area contributed by atoms with Crippen molar-refractivity contribution in [2.75, 3.05) is 9.62 Å². The largest absolute Gasteiger partial charge is 0.319 e. The van der Waals surface area contributed by atoms with E-state index in [0.29, 0.717) is 4.31 Å². The monoisotopic (exact) mass is 526 g/mol. The van der Waals surface area contributed by atoms with E-state index in [4.69, 9.17) is 23.2 Å². The Hall–Kier alpha value is -3.79. The number of nitrogens with one attached hydrogen (secondary N) is 1. The van der Waals surface area contributed by atoms with E-state index in [1.54, 1.807) is 30.3 Å². The first-order valence-electron chi connectivity index (χ1n) is 10.1. The summed E-state index contributed by atoms with van der Waals surface area (Å²) in [4.78, 5) is 33.5. The first kappa shape index (κ1) is 24.3. The maximum absolute atomic E-state index is 13.7. The minimum atomic E-state index is -4.50. The fraction of sp³-hybridized carbons (Fsp3) is 0. The number of amides is 2. The van der Waals surface area contributed by atoms with Crippen LogP contribution in [0.25, 0.3) is 0 Å². The Morgan fingerprint density at radius 2 is 1.49 bits per heavy atom. The van der Waals surface area contributed by atoms with Crippen LogP contribution in [0.3, 0.4) is 0 Å². The second-order valence-corrected chi connectivity index (χ2v) is 9.71. The van der Waals surface area contributed by atoms with E-state index in [9.17, 15) is 18.0 Å².